The van der Waals surface area contributed by atoms with Crippen LogP contribution in [-0.2, 0) is 4.79 Å². The molecule has 26 heavy (non-hydrogen) atoms. The number of urea groups is 1. The molecule has 1 aliphatic rings. The van der Waals surface area contributed by atoms with Crippen LogP contribution in [0.15, 0.2) is 28.7 Å². The number of carbonyl (C=O) groups is 2. The van der Waals surface area contributed by atoms with Gasteiger partial charge in [-0.05, 0) is 56.5 Å². The molecular formula is C18H27BrN4O3. The van der Waals surface area contributed by atoms with Gasteiger partial charge < -0.3 is 10.1 Å². The number of likely N-dealkylation sites (tertiary alicyclic amines) is 1. The molecule has 0 bridgehead atoms. The fourth-order valence-electron chi connectivity index (χ4n) is 2.88. The molecule has 144 valence electrons. The van der Waals surface area contributed by atoms with E-state index in [1.54, 1.807) is 12.1 Å². The van der Waals surface area contributed by atoms with Crippen molar-refractivity contribution in [3.05, 3.63) is 28.7 Å². The third kappa shape index (κ3) is 7.21. The SMILES string of the molecule is CC1CCCN(C(C)CNC(=O)NNC(=O)COc2ccc(Br)cc2)C1. The average Bonchev–Trinajstić information content (AvgIpc) is 2.64. The number of benzene rings is 1. The number of ether oxygens (including phenoxy) is 1. The van der Waals surface area contributed by atoms with Crippen LogP contribution >= 0.6 is 15.9 Å². The fourth-order valence-corrected chi connectivity index (χ4v) is 3.15. The highest BCUT2D eigenvalue weighted by atomic mass is 79.9. The van der Waals surface area contributed by atoms with Gasteiger partial charge in [0.2, 0.25) is 0 Å². The number of hydrazine groups is 1. The van der Waals surface area contributed by atoms with E-state index in [2.05, 4.69) is 50.8 Å². The lowest BCUT2D eigenvalue weighted by atomic mass is 9.99. The minimum atomic E-state index is -0.432. The number of nitrogens with zero attached hydrogens (tertiary/aromatic N) is 1. The smallest absolute Gasteiger partial charge is 0.333 e. The Hall–Kier alpha value is -1.80. The average molecular weight is 427 g/mol. The number of halogens is 1. The standard InChI is InChI=1S/C18H27BrN4O3/c1-13-4-3-9-23(11-13)14(2)10-20-18(25)22-21-17(24)12-26-16-7-5-15(19)6-8-16/h5-8,13-14H,3-4,9-12H2,1-2H3,(H,21,24)(H2,20,22,25). The minimum absolute atomic E-state index is 0.177. The predicted molar refractivity (Wildman–Crippen MR) is 104 cm³/mol. The van der Waals surface area contributed by atoms with Gasteiger partial charge in [0, 0.05) is 23.6 Å². The molecule has 1 aromatic rings. The number of hydrogen-bond acceptors (Lipinski definition) is 4. The van der Waals surface area contributed by atoms with Gasteiger partial charge in [0.25, 0.3) is 5.91 Å². The first-order valence-electron chi connectivity index (χ1n) is 8.89. The molecule has 1 heterocycles. The van der Waals surface area contributed by atoms with Crippen LogP contribution in [0, 0.1) is 5.92 Å². The van der Waals surface area contributed by atoms with Crippen LogP contribution in [0.4, 0.5) is 4.79 Å². The van der Waals surface area contributed by atoms with E-state index < -0.39 is 11.9 Å². The van der Waals surface area contributed by atoms with Gasteiger partial charge >= 0.3 is 6.03 Å². The van der Waals surface area contributed by atoms with Gasteiger partial charge in [0.1, 0.15) is 5.75 Å². The molecular weight excluding hydrogens is 400 g/mol. The largest absolute Gasteiger partial charge is 0.484 e. The Morgan fingerprint density at radius 1 is 1.31 bits per heavy atom. The first-order chi connectivity index (χ1) is 12.4. The zero-order valence-corrected chi connectivity index (χ0v) is 16.8. The number of rotatable bonds is 6. The van der Waals surface area contributed by atoms with Crippen LogP contribution in [0.3, 0.4) is 0 Å². The van der Waals surface area contributed by atoms with Crippen LogP contribution in [0.1, 0.15) is 26.7 Å². The summed E-state index contributed by atoms with van der Waals surface area (Å²) >= 11 is 3.33. The van der Waals surface area contributed by atoms with Gasteiger partial charge in [0.05, 0.1) is 0 Å². The van der Waals surface area contributed by atoms with Crippen molar-refractivity contribution < 1.29 is 14.3 Å². The summed E-state index contributed by atoms with van der Waals surface area (Å²) in [5.74, 6) is 0.850. The molecule has 0 aromatic heterocycles. The highest BCUT2D eigenvalue weighted by molar-refractivity contribution is 9.10. The van der Waals surface area contributed by atoms with Crippen LogP contribution in [-0.4, -0.2) is 49.1 Å². The van der Waals surface area contributed by atoms with Gasteiger partial charge in [-0.2, -0.15) is 0 Å². The van der Waals surface area contributed by atoms with E-state index in [9.17, 15) is 9.59 Å². The lowest BCUT2D eigenvalue weighted by Gasteiger charge is -2.35. The summed E-state index contributed by atoms with van der Waals surface area (Å²) in [4.78, 5) is 25.9. The molecule has 1 aliphatic heterocycles. The highest BCUT2D eigenvalue weighted by Gasteiger charge is 2.21. The van der Waals surface area contributed by atoms with Crippen molar-refractivity contribution in [1.29, 1.82) is 0 Å². The van der Waals surface area contributed by atoms with E-state index in [4.69, 9.17) is 4.74 Å². The molecule has 1 aromatic carbocycles. The molecule has 3 amide bonds. The summed E-state index contributed by atoms with van der Waals surface area (Å²) in [5.41, 5.74) is 4.66. The molecule has 8 heteroatoms. The molecule has 0 saturated carbocycles. The summed E-state index contributed by atoms with van der Waals surface area (Å²) < 4.78 is 6.26. The molecule has 2 rings (SSSR count). The van der Waals surface area contributed by atoms with Crippen LogP contribution in [0.5, 0.6) is 5.75 Å². The van der Waals surface area contributed by atoms with Crippen LogP contribution in [0.2, 0.25) is 0 Å². The monoisotopic (exact) mass is 426 g/mol. The Labute approximate surface area is 162 Å². The normalized spacial score (nSPS) is 18.7. The van der Waals surface area contributed by atoms with Crippen molar-refractivity contribution in [2.75, 3.05) is 26.2 Å². The third-order valence-corrected chi connectivity index (χ3v) is 4.90. The van der Waals surface area contributed by atoms with Gasteiger partial charge in [0.15, 0.2) is 6.61 Å². The molecule has 2 unspecified atom stereocenters. The van der Waals surface area contributed by atoms with Crippen LogP contribution < -0.4 is 20.9 Å². The second-order valence-corrected chi connectivity index (χ2v) is 7.63. The number of piperidine rings is 1. The Kier molecular flexibility index (Phi) is 8.18. The molecule has 3 N–H and O–H groups in total. The third-order valence-electron chi connectivity index (χ3n) is 4.37. The topological polar surface area (TPSA) is 82.7 Å². The van der Waals surface area contributed by atoms with E-state index in [-0.39, 0.29) is 12.6 Å². The maximum atomic E-state index is 11.8. The van der Waals surface area contributed by atoms with Gasteiger partial charge in [-0.15, -0.1) is 0 Å². The summed E-state index contributed by atoms with van der Waals surface area (Å²) in [5, 5.41) is 2.78. The zero-order valence-electron chi connectivity index (χ0n) is 15.3. The summed E-state index contributed by atoms with van der Waals surface area (Å²) in [6, 6.07) is 6.98. The van der Waals surface area contributed by atoms with Crippen molar-refractivity contribution in [3.63, 3.8) is 0 Å². The van der Waals surface area contributed by atoms with Crippen molar-refractivity contribution in [1.82, 2.24) is 21.1 Å². The highest BCUT2D eigenvalue weighted by Crippen LogP contribution is 2.17. The lowest BCUT2D eigenvalue weighted by Crippen LogP contribution is -2.52. The Morgan fingerprint density at radius 3 is 2.73 bits per heavy atom. The Bertz CT molecular complexity index is 597. The number of hydrogen-bond donors (Lipinski definition) is 3. The second-order valence-electron chi connectivity index (χ2n) is 6.72. The first-order valence-corrected chi connectivity index (χ1v) is 9.68. The summed E-state index contributed by atoms with van der Waals surface area (Å²) in [7, 11) is 0. The number of amides is 3. The van der Waals surface area contributed by atoms with E-state index in [1.165, 1.54) is 12.8 Å². The second kappa shape index (κ2) is 10.4. The molecule has 1 fully saturated rings. The molecule has 7 nitrogen and oxygen atoms in total. The van der Waals surface area contributed by atoms with Crippen molar-refractivity contribution in [2.24, 2.45) is 5.92 Å². The van der Waals surface area contributed by atoms with Gasteiger partial charge in [-0.1, -0.05) is 22.9 Å². The van der Waals surface area contributed by atoms with E-state index in [1.807, 2.05) is 12.1 Å². The van der Waals surface area contributed by atoms with E-state index in [0.717, 1.165) is 17.6 Å². The molecule has 0 aliphatic carbocycles. The van der Waals surface area contributed by atoms with E-state index in [0.29, 0.717) is 18.2 Å². The summed E-state index contributed by atoms with van der Waals surface area (Å²) in [6.45, 7) is 6.84. The quantitative estimate of drug-likeness (QED) is 0.609. The van der Waals surface area contributed by atoms with Gasteiger partial charge in [-0.25, -0.2) is 10.2 Å². The Morgan fingerprint density at radius 2 is 2.04 bits per heavy atom. The van der Waals surface area contributed by atoms with Gasteiger partial charge in [-0.3, -0.25) is 15.1 Å². The number of nitrogens with one attached hydrogen (secondary N) is 3. The predicted octanol–water partition coefficient (Wildman–Crippen LogP) is 2.28. The Balaban J connectivity index is 1.60. The zero-order chi connectivity index (χ0) is 18.9. The van der Waals surface area contributed by atoms with Crippen molar-refractivity contribution in [2.45, 2.75) is 32.7 Å². The maximum Gasteiger partial charge on any atom is 0.333 e. The molecule has 0 spiro atoms. The van der Waals surface area contributed by atoms with E-state index >= 15 is 0 Å². The summed E-state index contributed by atoms with van der Waals surface area (Å²) in [6.07, 6.45) is 2.47. The number of carbonyl (C=O) groups excluding carboxylic acids is 2. The lowest BCUT2D eigenvalue weighted by molar-refractivity contribution is -0.123. The molecule has 2 atom stereocenters. The van der Waals surface area contributed by atoms with Crippen LogP contribution in [0.25, 0.3) is 0 Å². The first kappa shape index (κ1) is 20.5. The minimum Gasteiger partial charge on any atom is -0.484 e. The molecule has 0 radical (unpaired) electrons. The van der Waals surface area contributed by atoms with Crippen molar-refractivity contribution >= 4 is 27.9 Å². The fraction of sp³-hybridized carbons (Fsp3) is 0.556. The van der Waals surface area contributed by atoms with Crippen molar-refractivity contribution in [3.8, 4) is 5.75 Å². The molecule has 1 saturated heterocycles. The maximum absolute atomic E-state index is 11.8.